The molecule has 0 aromatic rings. The molecule has 0 aromatic heterocycles. The summed E-state index contributed by atoms with van der Waals surface area (Å²) >= 11 is 0. The fourth-order valence-electron chi connectivity index (χ4n) is 2.72. The minimum Gasteiger partial charge on any atom is -0.377 e. The highest BCUT2D eigenvalue weighted by Crippen LogP contribution is 2.14. The van der Waals surface area contributed by atoms with E-state index in [1.165, 1.54) is 51.7 Å². The maximum atomic E-state index is 5.74. The minimum absolute atomic E-state index is 0.484. The van der Waals surface area contributed by atoms with Gasteiger partial charge in [0.1, 0.15) is 0 Å². The van der Waals surface area contributed by atoms with Gasteiger partial charge in [0.2, 0.25) is 0 Å². The predicted octanol–water partition coefficient (Wildman–Crippen LogP) is 1.63. The van der Waals surface area contributed by atoms with Crippen LogP contribution in [0.25, 0.3) is 0 Å². The zero-order chi connectivity index (χ0) is 11.2. The summed E-state index contributed by atoms with van der Waals surface area (Å²) in [6, 6.07) is 0.730. The number of rotatable bonds is 4. The first-order valence-corrected chi connectivity index (χ1v) is 6.96. The van der Waals surface area contributed by atoms with Crippen LogP contribution >= 0.6 is 0 Å². The summed E-state index contributed by atoms with van der Waals surface area (Å²) in [5.41, 5.74) is 0. The van der Waals surface area contributed by atoms with Gasteiger partial charge in [-0.25, -0.2) is 0 Å². The number of likely N-dealkylation sites (tertiary alicyclic amines) is 1. The second-order valence-corrected chi connectivity index (χ2v) is 5.11. The van der Waals surface area contributed by atoms with Crippen molar-refractivity contribution >= 4 is 0 Å². The Balaban J connectivity index is 1.59. The van der Waals surface area contributed by atoms with Crippen LogP contribution in [0.2, 0.25) is 0 Å². The molecule has 1 atom stereocenters. The molecular formula is C13H26N2O. The Labute approximate surface area is 99.5 Å². The van der Waals surface area contributed by atoms with Crippen LogP contribution in [0.5, 0.6) is 0 Å². The summed E-state index contributed by atoms with van der Waals surface area (Å²) in [5.74, 6) is 0. The summed E-state index contributed by atoms with van der Waals surface area (Å²) in [6.45, 7) is 8.03. The van der Waals surface area contributed by atoms with Crippen molar-refractivity contribution in [2.24, 2.45) is 0 Å². The quantitative estimate of drug-likeness (QED) is 0.788. The molecule has 0 amide bonds. The third kappa shape index (κ3) is 3.72. The van der Waals surface area contributed by atoms with E-state index in [2.05, 4.69) is 17.1 Å². The van der Waals surface area contributed by atoms with E-state index in [1.54, 1.807) is 0 Å². The van der Waals surface area contributed by atoms with Crippen LogP contribution in [0.3, 0.4) is 0 Å². The molecule has 2 saturated heterocycles. The lowest BCUT2D eigenvalue weighted by Crippen LogP contribution is -2.45. The van der Waals surface area contributed by atoms with E-state index >= 15 is 0 Å². The second-order valence-electron chi connectivity index (χ2n) is 5.11. The van der Waals surface area contributed by atoms with E-state index in [1.807, 2.05) is 0 Å². The summed E-state index contributed by atoms with van der Waals surface area (Å²) in [7, 11) is 0. The molecule has 0 aliphatic carbocycles. The Kier molecular flexibility index (Phi) is 5.07. The molecule has 2 aliphatic heterocycles. The highest BCUT2D eigenvalue weighted by atomic mass is 16.5. The van der Waals surface area contributed by atoms with Gasteiger partial charge in [0.25, 0.3) is 0 Å². The Hall–Kier alpha value is -0.120. The topological polar surface area (TPSA) is 24.5 Å². The zero-order valence-electron chi connectivity index (χ0n) is 10.6. The number of hydrogen-bond acceptors (Lipinski definition) is 3. The molecule has 0 saturated carbocycles. The Morgan fingerprint density at radius 1 is 1.19 bits per heavy atom. The standard InChI is InChI=1S/C13H26N2O/c1-2-15-8-6-12(7-9-15)14-11-13-5-3-4-10-16-13/h12-14H,2-11H2,1H3. The van der Waals surface area contributed by atoms with E-state index in [-0.39, 0.29) is 0 Å². The van der Waals surface area contributed by atoms with Crippen LogP contribution in [0.4, 0.5) is 0 Å². The van der Waals surface area contributed by atoms with Crippen LogP contribution in [0.15, 0.2) is 0 Å². The average molecular weight is 226 g/mol. The maximum Gasteiger partial charge on any atom is 0.0699 e. The van der Waals surface area contributed by atoms with E-state index in [4.69, 9.17) is 4.74 Å². The second kappa shape index (κ2) is 6.58. The van der Waals surface area contributed by atoms with Crippen LogP contribution in [-0.2, 0) is 4.74 Å². The Morgan fingerprint density at radius 3 is 2.62 bits per heavy atom. The lowest BCUT2D eigenvalue weighted by molar-refractivity contribution is 0.0140. The van der Waals surface area contributed by atoms with Gasteiger partial charge in [-0.05, 0) is 51.7 Å². The molecule has 1 unspecified atom stereocenters. The Bertz CT molecular complexity index is 184. The van der Waals surface area contributed by atoms with Gasteiger partial charge in [-0.3, -0.25) is 0 Å². The molecule has 0 bridgehead atoms. The van der Waals surface area contributed by atoms with E-state index in [9.17, 15) is 0 Å². The normalized spacial score (nSPS) is 29.4. The van der Waals surface area contributed by atoms with Crippen LogP contribution < -0.4 is 5.32 Å². The van der Waals surface area contributed by atoms with E-state index < -0.39 is 0 Å². The molecule has 2 heterocycles. The highest BCUT2D eigenvalue weighted by Gasteiger charge is 2.19. The first kappa shape index (κ1) is 12.3. The van der Waals surface area contributed by atoms with Crippen molar-refractivity contribution < 1.29 is 4.74 Å². The van der Waals surface area contributed by atoms with Crippen molar-refractivity contribution in [1.29, 1.82) is 0 Å². The number of hydrogen-bond donors (Lipinski definition) is 1. The predicted molar refractivity (Wildman–Crippen MR) is 66.7 cm³/mol. The van der Waals surface area contributed by atoms with Crippen LogP contribution in [0, 0.1) is 0 Å². The zero-order valence-corrected chi connectivity index (χ0v) is 10.6. The fourth-order valence-corrected chi connectivity index (χ4v) is 2.72. The monoisotopic (exact) mass is 226 g/mol. The lowest BCUT2D eigenvalue weighted by atomic mass is 10.0. The van der Waals surface area contributed by atoms with Crippen molar-refractivity contribution in [2.75, 3.05) is 32.8 Å². The number of nitrogens with zero attached hydrogens (tertiary/aromatic N) is 1. The van der Waals surface area contributed by atoms with Gasteiger partial charge >= 0.3 is 0 Å². The van der Waals surface area contributed by atoms with Crippen LogP contribution in [-0.4, -0.2) is 49.8 Å². The van der Waals surface area contributed by atoms with Gasteiger partial charge in [-0.2, -0.15) is 0 Å². The SMILES string of the molecule is CCN1CCC(NCC2CCCCO2)CC1. The smallest absolute Gasteiger partial charge is 0.0699 e. The molecule has 2 aliphatic rings. The van der Waals surface area contributed by atoms with Crippen molar-refractivity contribution in [3.63, 3.8) is 0 Å². The lowest BCUT2D eigenvalue weighted by Gasteiger charge is -2.33. The van der Waals surface area contributed by atoms with E-state index in [0.29, 0.717) is 6.10 Å². The van der Waals surface area contributed by atoms with Gasteiger partial charge in [0.05, 0.1) is 6.10 Å². The molecule has 3 heteroatoms. The summed E-state index contributed by atoms with van der Waals surface area (Å²) in [6.07, 6.45) is 6.95. The van der Waals surface area contributed by atoms with Gasteiger partial charge < -0.3 is 15.0 Å². The molecular weight excluding hydrogens is 200 g/mol. The first-order valence-electron chi connectivity index (χ1n) is 6.96. The molecule has 0 spiro atoms. The fraction of sp³-hybridized carbons (Fsp3) is 1.00. The highest BCUT2D eigenvalue weighted by molar-refractivity contribution is 4.78. The largest absolute Gasteiger partial charge is 0.377 e. The average Bonchev–Trinajstić information content (AvgIpc) is 2.38. The van der Waals surface area contributed by atoms with Crippen molar-refractivity contribution in [3.8, 4) is 0 Å². The third-order valence-corrected chi connectivity index (χ3v) is 3.94. The van der Waals surface area contributed by atoms with Gasteiger partial charge in [-0.15, -0.1) is 0 Å². The summed E-state index contributed by atoms with van der Waals surface area (Å²) in [5, 5.41) is 3.68. The summed E-state index contributed by atoms with van der Waals surface area (Å²) < 4.78 is 5.74. The van der Waals surface area contributed by atoms with Gasteiger partial charge in [0.15, 0.2) is 0 Å². The van der Waals surface area contributed by atoms with E-state index in [0.717, 1.165) is 19.2 Å². The number of piperidine rings is 1. The van der Waals surface area contributed by atoms with Gasteiger partial charge in [-0.1, -0.05) is 6.92 Å². The molecule has 3 nitrogen and oxygen atoms in total. The molecule has 0 aromatic carbocycles. The molecule has 94 valence electrons. The van der Waals surface area contributed by atoms with Crippen molar-refractivity contribution in [3.05, 3.63) is 0 Å². The van der Waals surface area contributed by atoms with Crippen LogP contribution in [0.1, 0.15) is 39.0 Å². The number of ether oxygens (including phenoxy) is 1. The molecule has 2 rings (SSSR count). The molecule has 16 heavy (non-hydrogen) atoms. The molecule has 0 radical (unpaired) electrons. The first-order chi connectivity index (χ1) is 7.88. The molecule has 1 N–H and O–H groups in total. The maximum absolute atomic E-state index is 5.74. The summed E-state index contributed by atoms with van der Waals surface area (Å²) in [4.78, 5) is 2.54. The minimum atomic E-state index is 0.484. The number of nitrogens with one attached hydrogen (secondary N) is 1. The molecule has 2 fully saturated rings. The van der Waals surface area contributed by atoms with Gasteiger partial charge in [0, 0.05) is 19.2 Å². The van der Waals surface area contributed by atoms with Crippen molar-refractivity contribution in [1.82, 2.24) is 10.2 Å². The Morgan fingerprint density at radius 2 is 2.00 bits per heavy atom. The third-order valence-electron chi connectivity index (χ3n) is 3.94. The van der Waals surface area contributed by atoms with Crippen molar-refractivity contribution in [2.45, 2.75) is 51.2 Å².